The van der Waals surface area contributed by atoms with Crippen LogP contribution in [0.25, 0.3) is 11.3 Å². The van der Waals surface area contributed by atoms with E-state index >= 15 is 0 Å². The zero-order valence-corrected chi connectivity index (χ0v) is 16.4. The molecule has 1 aliphatic heterocycles. The third-order valence-corrected chi connectivity index (χ3v) is 5.92. The second kappa shape index (κ2) is 8.39. The first-order chi connectivity index (χ1) is 13.2. The molecule has 1 aliphatic carbocycles. The topological polar surface area (TPSA) is 19.4 Å². The van der Waals surface area contributed by atoms with Crippen molar-refractivity contribution in [2.45, 2.75) is 45.4 Å². The normalized spacial score (nSPS) is 18.2. The average molecular weight is 368 g/mol. The SMILES string of the molecule is CCCN1CCN(c2cc(-c3ccc(F)cc3)nc3c2CCCCC3)CC1. The highest BCUT2D eigenvalue weighted by Crippen LogP contribution is 2.33. The van der Waals surface area contributed by atoms with E-state index in [1.165, 1.54) is 61.3 Å². The van der Waals surface area contributed by atoms with Gasteiger partial charge in [0.1, 0.15) is 5.82 Å². The van der Waals surface area contributed by atoms with Crippen molar-refractivity contribution < 1.29 is 4.39 Å². The number of fused-ring (bicyclic) bond motifs is 1. The first kappa shape index (κ1) is 18.4. The molecule has 1 fully saturated rings. The molecule has 3 nitrogen and oxygen atoms in total. The van der Waals surface area contributed by atoms with Crippen molar-refractivity contribution in [2.75, 3.05) is 37.6 Å². The molecule has 1 aromatic heterocycles. The van der Waals surface area contributed by atoms with E-state index < -0.39 is 0 Å². The Labute approximate surface area is 162 Å². The van der Waals surface area contributed by atoms with Gasteiger partial charge < -0.3 is 4.90 Å². The summed E-state index contributed by atoms with van der Waals surface area (Å²) in [6.45, 7) is 7.89. The fraction of sp³-hybridized carbons (Fsp3) is 0.522. The van der Waals surface area contributed by atoms with Crippen LogP contribution in [0.1, 0.15) is 43.9 Å². The monoisotopic (exact) mass is 367 g/mol. The second-order valence-corrected chi connectivity index (χ2v) is 7.85. The van der Waals surface area contributed by atoms with Crippen molar-refractivity contribution in [2.24, 2.45) is 0 Å². The van der Waals surface area contributed by atoms with Crippen LogP contribution in [0, 0.1) is 5.82 Å². The molecule has 4 heteroatoms. The molecular formula is C23H30FN3. The lowest BCUT2D eigenvalue weighted by Gasteiger charge is -2.37. The highest BCUT2D eigenvalue weighted by Gasteiger charge is 2.23. The first-order valence-electron chi connectivity index (χ1n) is 10.5. The molecule has 0 N–H and O–H groups in total. The molecular weight excluding hydrogens is 337 g/mol. The predicted molar refractivity (Wildman–Crippen MR) is 110 cm³/mol. The van der Waals surface area contributed by atoms with Crippen LogP contribution in [0.4, 0.5) is 10.1 Å². The minimum atomic E-state index is -0.194. The van der Waals surface area contributed by atoms with Gasteiger partial charge in [-0.25, -0.2) is 4.39 Å². The Morgan fingerprint density at radius 2 is 1.70 bits per heavy atom. The number of benzene rings is 1. The third kappa shape index (κ3) is 4.16. The van der Waals surface area contributed by atoms with Gasteiger partial charge in [0.05, 0.1) is 5.69 Å². The van der Waals surface area contributed by atoms with Crippen LogP contribution in [-0.4, -0.2) is 42.6 Å². The fourth-order valence-electron chi connectivity index (χ4n) is 4.44. The number of piperazine rings is 1. The zero-order chi connectivity index (χ0) is 18.6. The first-order valence-corrected chi connectivity index (χ1v) is 10.5. The zero-order valence-electron chi connectivity index (χ0n) is 16.4. The predicted octanol–water partition coefficient (Wildman–Crippen LogP) is 4.69. The van der Waals surface area contributed by atoms with Gasteiger partial charge in [0.25, 0.3) is 0 Å². The molecule has 144 valence electrons. The van der Waals surface area contributed by atoms with E-state index in [0.717, 1.165) is 50.3 Å². The van der Waals surface area contributed by atoms with Crippen molar-refractivity contribution >= 4 is 5.69 Å². The van der Waals surface area contributed by atoms with Crippen molar-refractivity contribution in [3.05, 3.63) is 47.4 Å². The smallest absolute Gasteiger partial charge is 0.123 e. The number of rotatable bonds is 4. The largest absolute Gasteiger partial charge is 0.369 e. The maximum absolute atomic E-state index is 13.4. The molecule has 0 atom stereocenters. The van der Waals surface area contributed by atoms with Crippen LogP contribution in [0.15, 0.2) is 30.3 Å². The Morgan fingerprint density at radius 3 is 2.44 bits per heavy atom. The minimum Gasteiger partial charge on any atom is -0.369 e. The van der Waals surface area contributed by atoms with Gasteiger partial charge in [0.15, 0.2) is 0 Å². The quantitative estimate of drug-likeness (QED) is 0.731. The number of aryl methyl sites for hydroxylation is 1. The molecule has 4 rings (SSSR count). The van der Waals surface area contributed by atoms with E-state index in [4.69, 9.17) is 4.98 Å². The fourth-order valence-corrected chi connectivity index (χ4v) is 4.44. The van der Waals surface area contributed by atoms with E-state index in [9.17, 15) is 4.39 Å². The second-order valence-electron chi connectivity index (χ2n) is 7.85. The lowest BCUT2D eigenvalue weighted by atomic mass is 10.0. The number of hydrogen-bond acceptors (Lipinski definition) is 3. The van der Waals surface area contributed by atoms with Crippen LogP contribution in [0.2, 0.25) is 0 Å². The van der Waals surface area contributed by atoms with E-state index in [1.807, 2.05) is 12.1 Å². The minimum absolute atomic E-state index is 0.194. The number of pyridine rings is 1. The van der Waals surface area contributed by atoms with Crippen LogP contribution in [-0.2, 0) is 12.8 Å². The molecule has 1 saturated heterocycles. The highest BCUT2D eigenvalue weighted by atomic mass is 19.1. The summed E-state index contributed by atoms with van der Waals surface area (Å²) < 4.78 is 13.4. The summed E-state index contributed by atoms with van der Waals surface area (Å²) in [6.07, 6.45) is 7.18. The summed E-state index contributed by atoms with van der Waals surface area (Å²) in [5, 5.41) is 0. The molecule has 0 saturated carbocycles. The Bertz CT molecular complexity index is 764. The molecule has 2 heterocycles. The van der Waals surface area contributed by atoms with Gasteiger partial charge >= 0.3 is 0 Å². The number of hydrogen-bond donors (Lipinski definition) is 0. The van der Waals surface area contributed by atoms with E-state index in [1.54, 1.807) is 0 Å². The number of anilines is 1. The van der Waals surface area contributed by atoms with Crippen LogP contribution >= 0.6 is 0 Å². The Hall–Kier alpha value is -1.94. The maximum atomic E-state index is 13.4. The summed E-state index contributed by atoms with van der Waals surface area (Å²) in [5.41, 5.74) is 6.09. The lowest BCUT2D eigenvalue weighted by Crippen LogP contribution is -2.47. The van der Waals surface area contributed by atoms with E-state index in [2.05, 4.69) is 22.8 Å². The van der Waals surface area contributed by atoms with E-state index in [-0.39, 0.29) is 5.82 Å². The molecule has 2 aromatic rings. The van der Waals surface area contributed by atoms with Crippen molar-refractivity contribution in [1.82, 2.24) is 9.88 Å². The van der Waals surface area contributed by atoms with Gasteiger partial charge in [0.2, 0.25) is 0 Å². The summed E-state index contributed by atoms with van der Waals surface area (Å²) in [4.78, 5) is 10.1. The van der Waals surface area contributed by atoms with Gasteiger partial charge in [-0.15, -0.1) is 0 Å². The number of aromatic nitrogens is 1. The molecule has 0 bridgehead atoms. The van der Waals surface area contributed by atoms with Gasteiger partial charge in [-0.3, -0.25) is 9.88 Å². The summed E-state index contributed by atoms with van der Waals surface area (Å²) in [7, 11) is 0. The van der Waals surface area contributed by atoms with Gasteiger partial charge in [-0.05, 0) is 74.5 Å². The van der Waals surface area contributed by atoms with Gasteiger partial charge in [-0.2, -0.15) is 0 Å². The lowest BCUT2D eigenvalue weighted by molar-refractivity contribution is 0.258. The van der Waals surface area contributed by atoms with Gasteiger partial charge in [-0.1, -0.05) is 13.3 Å². The van der Waals surface area contributed by atoms with Crippen LogP contribution < -0.4 is 4.90 Å². The number of halogens is 1. The molecule has 27 heavy (non-hydrogen) atoms. The Morgan fingerprint density at radius 1 is 0.963 bits per heavy atom. The van der Waals surface area contributed by atoms with Gasteiger partial charge in [0, 0.05) is 43.1 Å². The Kier molecular flexibility index (Phi) is 5.72. The maximum Gasteiger partial charge on any atom is 0.123 e. The summed E-state index contributed by atoms with van der Waals surface area (Å²) in [5.74, 6) is -0.194. The molecule has 1 aromatic carbocycles. The van der Waals surface area contributed by atoms with E-state index in [0.29, 0.717) is 0 Å². The van der Waals surface area contributed by atoms with Crippen LogP contribution in [0.5, 0.6) is 0 Å². The Balaban J connectivity index is 1.68. The van der Waals surface area contributed by atoms with Crippen molar-refractivity contribution in [3.63, 3.8) is 0 Å². The molecule has 0 unspecified atom stereocenters. The molecule has 0 spiro atoms. The number of nitrogens with zero attached hydrogens (tertiary/aromatic N) is 3. The summed E-state index contributed by atoms with van der Waals surface area (Å²) >= 11 is 0. The average Bonchev–Trinajstić information content (AvgIpc) is 2.94. The van der Waals surface area contributed by atoms with Crippen LogP contribution in [0.3, 0.4) is 0 Å². The third-order valence-electron chi connectivity index (χ3n) is 5.92. The molecule has 0 radical (unpaired) electrons. The van der Waals surface area contributed by atoms with Crippen molar-refractivity contribution in [1.29, 1.82) is 0 Å². The molecule has 2 aliphatic rings. The summed E-state index contributed by atoms with van der Waals surface area (Å²) in [6, 6.07) is 9.03. The van der Waals surface area contributed by atoms with Crippen molar-refractivity contribution in [3.8, 4) is 11.3 Å². The molecule has 0 amide bonds. The highest BCUT2D eigenvalue weighted by molar-refractivity contribution is 5.68. The standard InChI is InChI=1S/C23H30FN3/c1-2-12-26-13-15-27(16-14-26)23-17-22(18-8-10-19(24)11-9-18)25-21-7-5-3-4-6-20(21)23/h8-11,17H,2-7,12-16H2,1H3.